The number of thioether (sulfide) groups is 1. The molecule has 2 nitrogen and oxygen atoms in total. The highest BCUT2D eigenvalue weighted by Gasteiger charge is 2.13. The van der Waals surface area contributed by atoms with E-state index in [1.54, 1.807) is 0 Å². The third-order valence-electron chi connectivity index (χ3n) is 3.14. The van der Waals surface area contributed by atoms with E-state index in [0.29, 0.717) is 0 Å². The molecule has 1 aromatic heterocycles. The quantitative estimate of drug-likeness (QED) is 0.769. The zero-order chi connectivity index (χ0) is 14.2. The first-order chi connectivity index (χ1) is 9.85. The van der Waals surface area contributed by atoms with Crippen molar-refractivity contribution in [3.8, 4) is 0 Å². The molecule has 1 aromatic carbocycles. The first-order valence-electron chi connectivity index (χ1n) is 7.21. The van der Waals surface area contributed by atoms with Gasteiger partial charge >= 0.3 is 0 Å². The van der Waals surface area contributed by atoms with Crippen LogP contribution in [0.5, 0.6) is 0 Å². The summed E-state index contributed by atoms with van der Waals surface area (Å²) in [6.07, 6.45) is 4.89. The average Bonchev–Trinajstić information content (AvgIpc) is 2.51. The Bertz CT molecular complexity index is 496. The standard InChI is InChI=1S/C17H22N2S/c1-3-11-19-17(15-6-5-12-18-13-15)14-7-9-16(10-8-14)20-4-2/h5-10,12-13,17,19H,3-4,11H2,1-2H3. The highest BCUT2D eigenvalue weighted by molar-refractivity contribution is 7.99. The molecule has 20 heavy (non-hydrogen) atoms. The molecule has 0 amide bonds. The number of hydrogen-bond donors (Lipinski definition) is 1. The minimum atomic E-state index is 0.226. The number of nitrogens with one attached hydrogen (secondary N) is 1. The van der Waals surface area contributed by atoms with Gasteiger partial charge in [-0.25, -0.2) is 0 Å². The van der Waals surface area contributed by atoms with E-state index in [9.17, 15) is 0 Å². The summed E-state index contributed by atoms with van der Waals surface area (Å²) >= 11 is 1.88. The number of pyridine rings is 1. The fraction of sp³-hybridized carbons (Fsp3) is 0.353. The third kappa shape index (κ3) is 4.09. The van der Waals surface area contributed by atoms with Gasteiger partial charge in [0, 0.05) is 17.3 Å². The van der Waals surface area contributed by atoms with Gasteiger partial charge in [-0.05, 0) is 48.0 Å². The molecular formula is C17H22N2S. The summed E-state index contributed by atoms with van der Waals surface area (Å²) in [6, 6.07) is 13.2. The van der Waals surface area contributed by atoms with E-state index in [1.165, 1.54) is 16.0 Å². The van der Waals surface area contributed by atoms with Gasteiger partial charge in [0.05, 0.1) is 6.04 Å². The zero-order valence-corrected chi connectivity index (χ0v) is 13.0. The first-order valence-corrected chi connectivity index (χ1v) is 8.19. The number of nitrogens with zero attached hydrogens (tertiary/aromatic N) is 1. The number of aromatic nitrogens is 1. The van der Waals surface area contributed by atoms with Crippen LogP contribution in [0.4, 0.5) is 0 Å². The average molecular weight is 286 g/mol. The lowest BCUT2D eigenvalue weighted by Crippen LogP contribution is -2.23. The molecule has 0 fully saturated rings. The summed E-state index contributed by atoms with van der Waals surface area (Å²) in [5.74, 6) is 1.11. The minimum absolute atomic E-state index is 0.226. The van der Waals surface area contributed by atoms with Crippen LogP contribution in [0.1, 0.15) is 37.4 Å². The smallest absolute Gasteiger partial charge is 0.0591 e. The van der Waals surface area contributed by atoms with Gasteiger partial charge in [0.15, 0.2) is 0 Å². The van der Waals surface area contributed by atoms with E-state index < -0.39 is 0 Å². The van der Waals surface area contributed by atoms with E-state index in [1.807, 2.05) is 30.2 Å². The van der Waals surface area contributed by atoms with Gasteiger partial charge in [0.2, 0.25) is 0 Å². The Kier molecular flexibility index (Phi) is 6.09. The Morgan fingerprint density at radius 2 is 1.90 bits per heavy atom. The van der Waals surface area contributed by atoms with Crippen molar-refractivity contribution in [2.75, 3.05) is 12.3 Å². The molecule has 0 aliphatic carbocycles. The Balaban J connectivity index is 2.22. The summed E-state index contributed by atoms with van der Waals surface area (Å²) in [4.78, 5) is 5.57. The third-order valence-corrected chi connectivity index (χ3v) is 4.03. The maximum Gasteiger partial charge on any atom is 0.0591 e. The van der Waals surface area contributed by atoms with Crippen molar-refractivity contribution < 1.29 is 0 Å². The van der Waals surface area contributed by atoms with E-state index >= 15 is 0 Å². The van der Waals surface area contributed by atoms with Crippen LogP contribution >= 0.6 is 11.8 Å². The molecule has 0 saturated carbocycles. The van der Waals surface area contributed by atoms with E-state index in [2.05, 4.69) is 54.5 Å². The summed E-state index contributed by atoms with van der Waals surface area (Å²) in [5, 5.41) is 3.61. The fourth-order valence-corrected chi connectivity index (χ4v) is 2.85. The highest BCUT2D eigenvalue weighted by Crippen LogP contribution is 2.24. The molecule has 0 saturated heterocycles. The molecule has 0 spiro atoms. The molecular weight excluding hydrogens is 264 g/mol. The number of hydrogen-bond acceptors (Lipinski definition) is 3. The van der Waals surface area contributed by atoms with Crippen LogP contribution in [0.3, 0.4) is 0 Å². The second-order valence-corrected chi connectivity index (χ2v) is 6.01. The van der Waals surface area contributed by atoms with Crippen molar-refractivity contribution in [1.29, 1.82) is 0 Å². The highest BCUT2D eigenvalue weighted by atomic mass is 32.2. The van der Waals surface area contributed by atoms with Gasteiger partial charge in [0.25, 0.3) is 0 Å². The van der Waals surface area contributed by atoms with Gasteiger partial charge in [-0.2, -0.15) is 0 Å². The molecule has 0 aliphatic heterocycles. The van der Waals surface area contributed by atoms with Crippen LogP contribution in [0.15, 0.2) is 53.7 Å². The predicted molar refractivity (Wildman–Crippen MR) is 87.2 cm³/mol. The largest absolute Gasteiger partial charge is 0.306 e. The van der Waals surface area contributed by atoms with Crippen molar-refractivity contribution in [3.05, 3.63) is 59.9 Å². The van der Waals surface area contributed by atoms with Crippen LogP contribution in [0.2, 0.25) is 0 Å². The van der Waals surface area contributed by atoms with Crippen molar-refractivity contribution in [2.45, 2.75) is 31.2 Å². The van der Waals surface area contributed by atoms with Crippen molar-refractivity contribution in [3.63, 3.8) is 0 Å². The Morgan fingerprint density at radius 1 is 1.10 bits per heavy atom. The molecule has 2 aromatic rings. The molecule has 0 aliphatic rings. The van der Waals surface area contributed by atoms with E-state index in [-0.39, 0.29) is 6.04 Å². The van der Waals surface area contributed by atoms with Gasteiger partial charge in [0.1, 0.15) is 0 Å². The monoisotopic (exact) mass is 286 g/mol. The molecule has 0 radical (unpaired) electrons. The van der Waals surface area contributed by atoms with Crippen LogP contribution < -0.4 is 5.32 Å². The lowest BCUT2D eigenvalue weighted by atomic mass is 10.00. The molecule has 2 rings (SSSR count). The van der Waals surface area contributed by atoms with Crippen LogP contribution in [-0.4, -0.2) is 17.3 Å². The van der Waals surface area contributed by atoms with E-state index in [0.717, 1.165) is 18.7 Å². The molecule has 3 heteroatoms. The Hall–Kier alpha value is -1.32. The zero-order valence-electron chi connectivity index (χ0n) is 12.2. The SMILES string of the molecule is CCCNC(c1ccc(SCC)cc1)c1cccnc1. The summed E-state index contributed by atoms with van der Waals surface area (Å²) in [6.45, 7) is 5.37. The van der Waals surface area contributed by atoms with E-state index in [4.69, 9.17) is 0 Å². The molecule has 0 bridgehead atoms. The summed E-state index contributed by atoms with van der Waals surface area (Å²) in [7, 11) is 0. The maximum atomic E-state index is 4.24. The molecule has 1 heterocycles. The van der Waals surface area contributed by atoms with Gasteiger partial charge < -0.3 is 5.32 Å². The molecule has 1 atom stereocenters. The van der Waals surface area contributed by atoms with Crippen LogP contribution in [-0.2, 0) is 0 Å². The summed E-state index contributed by atoms with van der Waals surface area (Å²) in [5.41, 5.74) is 2.52. The molecule has 1 N–H and O–H groups in total. The Morgan fingerprint density at radius 3 is 2.50 bits per heavy atom. The maximum absolute atomic E-state index is 4.24. The topological polar surface area (TPSA) is 24.9 Å². The van der Waals surface area contributed by atoms with Gasteiger partial charge in [-0.15, -0.1) is 11.8 Å². The number of benzene rings is 1. The number of rotatable bonds is 7. The lowest BCUT2D eigenvalue weighted by Gasteiger charge is -2.19. The van der Waals surface area contributed by atoms with Crippen LogP contribution in [0, 0.1) is 0 Å². The van der Waals surface area contributed by atoms with Gasteiger partial charge in [-0.1, -0.05) is 32.0 Å². The van der Waals surface area contributed by atoms with Crippen LogP contribution in [0.25, 0.3) is 0 Å². The first kappa shape index (κ1) is 15.1. The fourth-order valence-electron chi connectivity index (χ4n) is 2.19. The normalized spacial score (nSPS) is 12.3. The van der Waals surface area contributed by atoms with Crippen molar-refractivity contribution in [2.24, 2.45) is 0 Å². The van der Waals surface area contributed by atoms with Gasteiger partial charge in [-0.3, -0.25) is 4.98 Å². The second kappa shape index (κ2) is 8.08. The Labute approximate surface area is 126 Å². The molecule has 106 valence electrons. The second-order valence-electron chi connectivity index (χ2n) is 4.68. The predicted octanol–water partition coefficient (Wildman–Crippen LogP) is 4.28. The summed E-state index contributed by atoms with van der Waals surface area (Å²) < 4.78 is 0. The van der Waals surface area contributed by atoms with Crippen molar-refractivity contribution >= 4 is 11.8 Å². The molecule has 1 unspecified atom stereocenters. The minimum Gasteiger partial charge on any atom is -0.306 e. The lowest BCUT2D eigenvalue weighted by molar-refractivity contribution is 0.597. The van der Waals surface area contributed by atoms with Crippen molar-refractivity contribution in [1.82, 2.24) is 10.3 Å².